The van der Waals surface area contributed by atoms with E-state index in [1.54, 1.807) is 0 Å². The number of hydrogen-bond donors (Lipinski definition) is 0. The van der Waals surface area contributed by atoms with Gasteiger partial charge in [0.05, 0.1) is 10.6 Å². The fourth-order valence-electron chi connectivity index (χ4n) is 9.13. The molecule has 0 heterocycles. The lowest BCUT2D eigenvalue weighted by Crippen LogP contribution is -2.22. The number of rotatable bonds is 11. The molecule has 76 heavy (non-hydrogen) atoms. The van der Waals surface area contributed by atoms with Crippen LogP contribution in [-0.2, 0) is 52.5 Å². The summed E-state index contributed by atoms with van der Waals surface area (Å²) in [4.78, 5) is 0. The molecule has 0 aliphatic heterocycles. The van der Waals surface area contributed by atoms with Crippen molar-refractivity contribution < 1.29 is 27.2 Å². The van der Waals surface area contributed by atoms with Gasteiger partial charge in [0.2, 0.25) is 0 Å². The fourth-order valence-corrected chi connectivity index (χ4v) is 12.4. The van der Waals surface area contributed by atoms with Crippen LogP contribution < -0.4 is 28.7 Å². The van der Waals surface area contributed by atoms with Crippen molar-refractivity contribution in [2.45, 2.75) is 209 Å². The minimum Gasteiger partial charge on any atom is -0.412 e. The molecule has 0 atom stereocenters. The van der Waals surface area contributed by atoms with Gasteiger partial charge >= 0.3 is 15.2 Å². The first kappa shape index (κ1) is 60.2. The van der Waals surface area contributed by atoms with Gasteiger partial charge in [0.1, 0.15) is 23.0 Å². The van der Waals surface area contributed by atoms with Gasteiger partial charge in [-0.25, -0.2) is 9.13 Å². The van der Waals surface area contributed by atoms with Crippen molar-refractivity contribution in [2.24, 2.45) is 0 Å². The van der Waals surface area contributed by atoms with E-state index in [9.17, 15) is 0 Å². The highest BCUT2D eigenvalue weighted by Crippen LogP contribution is 2.55. The molecule has 0 aliphatic carbocycles. The second kappa shape index (κ2) is 20.7. The van der Waals surface area contributed by atoms with Crippen LogP contribution in [0.5, 0.6) is 23.0 Å². The lowest BCUT2D eigenvalue weighted by atomic mass is 9.80. The summed E-state index contributed by atoms with van der Waals surface area (Å²) in [6, 6.07) is 39.8. The Labute approximate surface area is 460 Å². The van der Waals surface area contributed by atoms with E-state index in [2.05, 4.69) is 215 Å². The van der Waals surface area contributed by atoms with Crippen LogP contribution in [0.1, 0.15) is 211 Å². The first-order valence-corrected chi connectivity index (χ1v) is 30.3. The molecule has 6 rings (SSSR count). The van der Waals surface area contributed by atoms with Crippen LogP contribution in [0.3, 0.4) is 0 Å². The monoisotopic (exact) mass is 1070 g/mol. The maximum Gasteiger partial charge on any atom is 0.462 e. The Morgan fingerprint density at radius 3 is 0.658 bits per heavy atom. The highest BCUT2D eigenvalue weighted by Gasteiger charge is 2.39. The maximum atomic E-state index is 16.4. The zero-order chi connectivity index (χ0) is 57.2. The lowest BCUT2D eigenvalue weighted by molar-refractivity contribution is 0.385. The van der Waals surface area contributed by atoms with Crippen LogP contribution in [0.15, 0.2) is 121 Å². The third-order valence-corrected chi connectivity index (χ3v) is 17.7. The van der Waals surface area contributed by atoms with Crippen molar-refractivity contribution >= 4 is 25.8 Å². The van der Waals surface area contributed by atoms with E-state index in [0.717, 1.165) is 44.5 Å². The molecular formula is C68H92O6P2. The fraction of sp³-hybridized carbons (Fsp3) is 0.471. The normalized spacial score (nSPS) is 13.6. The summed E-state index contributed by atoms with van der Waals surface area (Å²) in [5, 5.41) is 0.737. The van der Waals surface area contributed by atoms with Gasteiger partial charge in [0.25, 0.3) is 0 Å². The maximum absolute atomic E-state index is 16.4. The molecule has 0 aromatic heterocycles. The quantitative estimate of drug-likeness (QED) is 0.120. The van der Waals surface area contributed by atoms with Gasteiger partial charge < -0.3 is 18.1 Å². The topological polar surface area (TPSA) is 71.1 Å². The molecule has 0 amide bonds. The first-order chi connectivity index (χ1) is 34.4. The molecule has 410 valence electrons. The van der Waals surface area contributed by atoms with Crippen molar-refractivity contribution in [2.75, 3.05) is 0 Å². The minimum atomic E-state index is -4.28. The van der Waals surface area contributed by atoms with Gasteiger partial charge in [-0.1, -0.05) is 239 Å². The SMILES string of the molecule is CC(C)(C)c1ccc(OP(=O)(Oc2ccc(C(C)(C)C)cc2C(C)(C)C)c2cccc(-c3cccc(P(=O)(Oc4ccc(C(C)(C)C)cc4C(C)(C)C)Oc4ccc(C(C)(C)C)cc4C(C)(C)C)c3)c2)c(C(C)(C)C)c1. The highest BCUT2D eigenvalue weighted by atomic mass is 31.2. The summed E-state index contributed by atoms with van der Waals surface area (Å²) in [5.74, 6) is 1.96. The third-order valence-electron chi connectivity index (χ3n) is 14.1. The van der Waals surface area contributed by atoms with Crippen molar-refractivity contribution in [3.8, 4) is 34.1 Å². The molecule has 6 nitrogen and oxygen atoms in total. The molecule has 6 aromatic carbocycles. The van der Waals surface area contributed by atoms with Gasteiger partial charge in [-0.05, 0) is 125 Å². The zero-order valence-electron chi connectivity index (χ0n) is 50.9. The number of hydrogen-bond acceptors (Lipinski definition) is 6. The van der Waals surface area contributed by atoms with Crippen LogP contribution >= 0.6 is 15.2 Å². The number of benzene rings is 6. The van der Waals surface area contributed by atoms with E-state index in [0.29, 0.717) is 44.7 Å². The molecular weight excluding hydrogens is 975 g/mol. The average Bonchev–Trinajstić information content (AvgIpc) is 3.26. The summed E-state index contributed by atoms with van der Waals surface area (Å²) in [6.45, 7) is 52.0. The molecule has 0 spiro atoms. The molecule has 0 fully saturated rings. The predicted molar refractivity (Wildman–Crippen MR) is 324 cm³/mol. The molecule has 0 N–H and O–H groups in total. The third kappa shape index (κ3) is 14.0. The highest BCUT2D eigenvalue weighted by molar-refractivity contribution is 7.63. The Hall–Kier alpha value is -5.02. The summed E-state index contributed by atoms with van der Waals surface area (Å²) in [5.41, 5.74) is 7.74. The van der Waals surface area contributed by atoms with Crippen molar-refractivity contribution in [1.82, 2.24) is 0 Å². The second-order valence-electron chi connectivity index (χ2n) is 29.3. The van der Waals surface area contributed by atoms with Gasteiger partial charge in [-0.2, -0.15) is 0 Å². The van der Waals surface area contributed by atoms with Gasteiger partial charge in [0.15, 0.2) is 0 Å². The molecule has 8 heteroatoms. The summed E-state index contributed by atoms with van der Waals surface area (Å²) in [6.07, 6.45) is 0. The van der Waals surface area contributed by atoms with Crippen LogP contribution in [0.25, 0.3) is 11.1 Å². The molecule has 0 saturated carbocycles. The molecule has 0 aliphatic rings. The summed E-state index contributed by atoms with van der Waals surface area (Å²) >= 11 is 0. The van der Waals surface area contributed by atoms with Crippen molar-refractivity contribution in [3.05, 3.63) is 166 Å². The predicted octanol–water partition coefficient (Wildman–Crippen LogP) is 19.7. The molecule has 6 aromatic rings. The first-order valence-electron chi connectivity index (χ1n) is 27.2. The van der Waals surface area contributed by atoms with Crippen LogP contribution in [0, 0.1) is 0 Å². The summed E-state index contributed by atoms with van der Waals surface area (Å²) in [7, 11) is -8.57. The van der Waals surface area contributed by atoms with E-state index in [1.807, 2.05) is 72.8 Å². The second-order valence-corrected chi connectivity index (χ2v) is 33.1. The van der Waals surface area contributed by atoms with Crippen LogP contribution in [-0.4, -0.2) is 0 Å². The van der Waals surface area contributed by atoms with Gasteiger partial charge in [0, 0.05) is 22.3 Å². The van der Waals surface area contributed by atoms with E-state index < -0.39 is 15.2 Å². The summed E-state index contributed by atoms with van der Waals surface area (Å²) < 4.78 is 60.6. The Balaban J connectivity index is 1.58. The largest absolute Gasteiger partial charge is 0.462 e. The van der Waals surface area contributed by atoms with Crippen LogP contribution in [0.2, 0.25) is 0 Å². The minimum absolute atomic E-state index is 0.129. The zero-order valence-corrected chi connectivity index (χ0v) is 52.7. The van der Waals surface area contributed by atoms with Gasteiger partial charge in [-0.15, -0.1) is 0 Å². The van der Waals surface area contributed by atoms with E-state index in [1.165, 1.54) is 0 Å². The standard InChI is InChI=1S/C68H92O6P2/c1-61(2,3)47-31-35-57(53(41-47)65(13,14)15)71-75(69,72-58-36-32-48(62(4,5)6)42-54(58)66(16,17)18)51-29-25-27-45(39-51)46-28-26-30-52(40-46)76(70,73-59-37-33-49(63(7,8)9)43-55(59)67(19,20)21)74-60-38-34-50(64(10,11)12)44-56(60)68(22,23)24/h25-44H,1-24H3. The van der Waals surface area contributed by atoms with E-state index >= 15 is 9.13 Å². The lowest BCUT2D eigenvalue weighted by Gasteiger charge is -2.31. The average molecular weight is 1070 g/mol. The van der Waals surface area contributed by atoms with Crippen molar-refractivity contribution in [3.63, 3.8) is 0 Å². The Kier molecular flexibility index (Phi) is 16.4. The smallest absolute Gasteiger partial charge is 0.412 e. The Morgan fingerprint density at radius 2 is 0.474 bits per heavy atom. The molecule has 0 unspecified atom stereocenters. The Bertz CT molecular complexity index is 2800. The molecule has 0 bridgehead atoms. The molecule has 0 saturated heterocycles. The van der Waals surface area contributed by atoms with Crippen LogP contribution in [0.4, 0.5) is 0 Å². The Morgan fingerprint density at radius 1 is 0.263 bits per heavy atom. The molecule has 0 radical (unpaired) electrons. The van der Waals surface area contributed by atoms with Crippen molar-refractivity contribution in [1.29, 1.82) is 0 Å². The van der Waals surface area contributed by atoms with E-state index in [4.69, 9.17) is 18.1 Å². The van der Waals surface area contributed by atoms with Gasteiger partial charge in [-0.3, -0.25) is 0 Å². The van der Waals surface area contributed by atoms with E-state index in [-0.39, 0.29) is 43.3 Å².